The topological polar surface area (TPSA) is 77.6 Å². The molecular formula is C24H20N6OS. The van der Waals surface area contributed by atoms with Crippen molar-refractivity contribution in [3.8, 4) is 21.9 Å². The molecule has 5 rings (SSSR count). The lowest BCUT2D eigenvalue weighted by molar-refractivity contribution is 0.0932. The van der Waals surface area contributed by atoms with E-state index in [2.05, 4.69) is 15.4 Å². The fourth-order valence-electron chi connectivity index (χ4n) is 3.46. The number of aromatic nitrogens is 5. The highest BCUT2D eigenvalue weighted by molar-refractivity contribution is 7.13. The zero-order valence-corrected chi connectivity index (χ0v) is 18.1. The monoisotopic (exact) mass is 440 g/mol. The van der Waals surface area contributed by atoms with Crippen LogP contribution in [0.3, 0.4) is 0 Å². The number of nitrogens with zero attached hydrogens (tertiary/aromatic N) is 5. The van der Waals surface area contributed by atoms with Crippen LogP contribution in [0.4, 0.5) is 0 Å². The highest BCUT2D eigenvalue weighted by atomic mass is 32.1. The zero-order valence-electron chi connectivity index (χ0n) is 17.3. The Hall–Kier alpha value is -4.04. The van der Waals surface area contributed by atoms with Crippen molar-refractivity contribution in [1.82, 2.24) is 29.9 Å². The van der Waals surface area contributed by atoms with Crippen molar-refractivity contribution in [3.05, 3.63) is 102 Å². The Kier molecular flexibility index (Phi) is 5.35. The fourth-order valence-corrected chi connectivity index (χ4v) is 4.15. The van der Waals surface area contributed by atoms with E-state index in [1.807, 2.05) is 85.1 Å². The normalized spacial score (nSPS) is 11.9. The lowest BCUT2D eigenvalue weighted by atomic mass is 10.1. The summed E-state index contributed by atoms with van der Waals surface area (Å²) in [5.41, 5.74) is 4.01. The molecule has 0 aliphatic heterocycles. The third-order valence-electron chi connectivity index (χ3n) is 5.14. The maximum atomic E-state index is 13.3. The number of para-hydroxylation sites is 1. The first-order valence-corrected chi connectivity index (χ1v) is 11.0. The average molecular weight is 441 g/mol. The first kappa shape index (κ1) is 19.9. The molecule has 3 aromatic heterocycles. The minimum Gasteiger partial charge on any atom is -0.344 e. The molecule has 0 aliphatic carbocycles. The molecule has 0 saturated heterocycles. The second-order valence-corrected chi connectivity index (χ2v) is 8.21. The van der Waals surface area contributed by atoms with E-state index in [0.717, 1.165) is 27.5 Å². The predicted octanol–water partition coefficient (Wildman–Crippen LogP) is 4.67. The van der Waals surface area contributed by atoms with Gasteiger partial charge in [0.2, 0.25) is 0 Å². The van der Waals surface area contributed by atoms with Gasteiger partial charge in [0, 0.05) is 0 Å². The zero-order chi connectivity index (χ0) is 21.9. The summed E-state index contributed by atoms with van der Waals surface area (Å²) in [6, 6.07) is 23.2. The summed E-state index contributed by atoms with van der Waals surface area (Å²) in [5.74, 6) is -0.183. The fraction of sp³-hybridized carbons (Fsp3) is 0.0833. The highest BCUT2D eigenvalue weighted by Gasteiger charge is 2.20. The first-order valence-electron chi connectivity index (χ1n) is 10.1. The van der Waals surface area contributed by atoms with Gasteiger partial charge in [0.1, 0.15) is 24.0 Å². The molecule has 1 amide bonds. The number of rotatable bonds is 6. The molecule has 158 valence electrons. The maximum absolute atomic E-state index is 13.3. The standard InChI is InChI=1S/C24H20N6OS/c1-17(18-9-11-19(12-10-18)29-16-25-15-26-29)27-24(31)22-14-21(23-8-5-13-32-23)28-30(22)20-6-3-2-4-7-20/h2-17H,1H3,(H,27,31). The Morgan fingerprint density at radius 2 is 1.81 bits per heavy atom. The summed E-state index contributed by atoms with van der Waals surface area (Å²) in [6.45, 7) is 1.96. The number of carbonyl (C=O) groups is 1. The molecule has 5 aromatic rings. The Balaban J connectivity index is 1.41. The van der Waals surface area contributed by atoms with Gasteiger partial charge in [-0.3, -0.25) is 4.79 Å². The molecule has 0 fully saturated rings. The average Bonchev–Trinajstić information content (AvgIpc) is 3.61. The van der Waals surface area contributed by atoms with Crippen LogP contribution in [0.15, 0.2) is 90.8 Å². The molecule has 3 heterocycles. The van der Waals surface area contributed by atoms with Crippen LogP contribution in [0.5, 0.6) is 0 Å². The number of thiophene rings is 1. The molecule has 0 aliphatic rings. The molecule has 0 bridgehead atoms. The molecule has 1 unspecified atom stereocenters. The van der Waals surface area contributed by atoms with Crippen LogP contribution >= 0.6 is 11.3 Å². The third-order valence-corrected chi connectivity index (χ3v) is 6.03. The lowest BCUT2D eigenvalue weighted by Gasteiger charge is -2.15. The van der Waals surface area contributed by atoms with E-state index in [9.17, 15) is 4.79 Å². The van der Waals surface area contributed by atoms with Gasteiger partial charge in [-0.2, -0.15) is 10.2 Å². The van der Waals surface area contributed by atoms with Gasteiger partial charge in [-0.1, -0.05) is 36.4 Å². The number of amides is 1. The SMILES string of the molecule is CC(NC(=O)c1cc(-c2cccs2)nn1-c1ccccc1)c1ccc(-n2cncn2)cc1. The molecule has 1 atom stereocenters. The first-order chi connectivity index (χ1) is 15.7. The molecular weight excluding hydrogens is 420 g/mol. The minimum atomic E-state index is -0.184. The largest absolute Gasteiger partial charge is 0.344 e. The Morgan fingerprint density at radius 1 is 1.00 bits per heavy atom. The van der Waals surface area contributed by atoms with Crippen LogP contribution in [0.2, 0.25) is 0 Å². The van der Waals surface area contributed by atoms with Crippen molar-refractivity contribution in [3.63, 3.8) is 0 Å². The number of hydrogen-bond acceptors (Lipinski definition) is 5. The number of hydrogen-bond donors (Lipinski definition) is 1. The van der Waals surface area contributed by atoms with Gasteiger partial charge in [-0.05, 0) is 54.3 Å². The molecule has 0 spiro atoms. The van der Waals surface area contributed by atoms with Crippen molar-refractivity contribution in [2.75, 3.05) is 0 Å². The van der Waals surface area contributed by atoms with E-state index < -0.39 is 0 Å². The summed E-state index contributed by atoms with van der Waals surface area (Å²) in [4.78, 5) is 18.3. The van der Waals surface area contributed by atoms with Gasteiger partial charge in [-0.15, -0.1) is 11.3 Å². The molecule has 0 radical (unpaired) electrons. The van der Waals surface area contributed by atoms with Crippen molar-refractivity contribution >= 4 is 17.2 Å². The van der Waals surface area contributed by atoms with E-state index in [-0.39, 0.29) is 11.9 Å². The molecule has 8 heteroatoms. The molecule has 1 N–H and O–H groups in total. The minimum absolute atomic E-state index is 0.183. The van der Waals surface area contributed by atoms with Crippen LogP contribution in [-0.2, 0) is 0 Å². The summed E-state index contributed by atoms with van der Waals surface area (Å²) in [7, 11) is 0. The van der Waals surface area contributed by atoms with Crippen LogP contribution in [-0.4, -0.2) is 30.5 Å². The molecule has 7 nitrogen and oxygen atoms in total. The third kappa shape index (κ3) is 3.95. The van der Waals surface area contributed by atoms with Gasteiger partial charge in [0.25, 0.3) is 5.91 Å². The molecule has 2 aromatic carbocycles. The summed E-state index contributed by atoms with van der Waals surface area (Å²) < 4.78 is 3.39. The molecule has 32 heavy (non-hydrogen) atoms. The number of nitrogens with one attached hydrogen (secondary N) is 1. The van der Waals surface area contributed by atoms with E-state index >= 15 is 0 Å². The summed E-state index contributed by atoms with van der Waals surface area (Å²) in [6.07, 6.45) is 3.15. The molecule has 0 saturated carbocycles. The Bertz CT molecular complexity index is 1310. The number of carbonyl (C=O) groups excluding carboxylic acids is 1. The van der Waals surface area contributed by atoms with Crippen LogP contribution in [0.1, 0.15) is 29.0 Å². The highest BCUT2D eigenvalue weighted by Crippen LogP contribution is 2.26. The van der Waals surface area contributed by atoms with Gasteiger partial charge >= 0.3 is 0 Å². The van der Waals surface area contributed by atoms with E-state index in [4.69, 9.17) is 5.10 Å². The second kappa shape index (κ2) is 8.60. The van der Waals surface area contributed by atoms with E-state index in [1.54, 1.807) is 27.0 Å². The maximum Gasteiger partial charge on any atom is 0.270 e. The second-order valence-electron chi connectivity index (χ2n) is 7.27. The van der Waals surface area contributed by atoms with Crippen LogP contribution in [0.25, 0.3) is 21.9 Å². The van der Waals surface area contributed by atoms with Crippen molar-refractivity contribution < 1.29 is 4.79 Å². The smallest absolute Gasteiger partial charge is 0.270 e. The Labute approximate surface area is 189 Å². The van der Waals surface area contributed by atoms with Gasteiger partial charge < -0.3 is 5.32 Å². The van der Waals surface area contributed by atoms with Crippen LogP contribution in [0, 0.1) is 0 Å². The van der Waals surface area contributed by atoms with Crippen molar-refractivity contribution in [2.24, 2.45) is 0 Å². The van der Waals surface area contributed by atoms with Crippen molar-refractivity contribution in [1.29, 1.82) is 0 Å². The Morgan fingerprint density at radius 3 is 2.50 bits per heavy atom. The van der Waals surface area contributed by atoms with E-state index in [0.29, 0.717) is 5.69 Å². The van der Waals surface area contributed by atoms with Crippen molar-refractivity contribution in [2.45, 2.75) is 13.0 Å². The number of benzene rings is 2. The van der Waals surface area contributed by atoms with Gasteiger partial charge in [-0.25, -0.2) is 14.3 Å². The summed E-state index contributed by atoms with van der Waals surface area (Å²) >= 11 is 1.60. The van der Waals surface area contributed by atoms with Gasteiger partial charge in [0.15, 0.2) is 0 Å². The summed E-state index contributed by atoms with van der Waals surface area (Å²) in [5, 5.41) is 14.0. The predicted molar refractivity (Wildman–Crippen MR) is 124 cm³/mol. The van der Waals surface area contributed by atoms with E-state index in [1.165, 1.54) is 6.33 Å². The lowest BCUT2D eigenvalue weighted by Crippen LogP contribution is -2.28. The van der Waals surface area contributed by atoms with Crippen LogP contribution < -0.4 is 5.32 Å². The quantitative estimate of drug-likeness (QED) is 0.416. The van der Waals surface area contributed by atoms with Gasteiger partial charge in [0.05, 0.1) is 22.3 Å².